The Morgan fingerprint density at radius 1 is 1.16 bits per heavy atom. The van der Waals surface area contributed by atoms with E-state index in [4.69, 9.17) is 17.4 Å². The topological polar surface area (TPSA) is 78.9 Å². The van der Waals surface area contributed by atoms with Crippen molar-refractivity contribution in [2.24, 2.45) is 0 Å². The number of ether oxygens (including phenoxy) is 1. The molecule has 25 heavy (non-hydrogen) atoms. The quantitative estimate of drug-likeness (QED) is 0.398. The Morgan fingerprint density at radius 2 is 1.92 bits per heavy atom. The van der Waals surface area contributed by atoms with Crippen LogP contribution in [0.2, 0.25) is 5.15 Å². The molecule has 0 fully saturated rings. The third kappa shape index (κ3) is 4.37. The highest BCUT2D eigenvalue weighted by atomic mass is 35.5. The Balaban J connectivity index is 1.71. The summed E-state index contributed by atoms with van der Waals surface area (Å²) in [5.74, 6) is 7.10. The summed E-state index contributed by atoms with van der Waals surface area (Å²) < 4.78 is 30.0. The molecule has 1 aromatic carbocycles. The van der Waals surface area contributed by atoms with Gasteiger partial charge in [0.05, 0.1) is 0 Å². The number of hydrogen-bond acceptors (Lipinski definition) is 6. The molecule has 0 spiro atoms. The van der Waals surface area contributed by atoms with E-state index in [9.17, 15) is 8.78 Å². The van der Waals surface area contributed by atoms with Crippen LogP contribution < -0.4 is 10.6 Å². The fraction of sp³-hybridized carbons (Fsp3) is 0.133. The predicted molar refractivity (Wildman–Crippen MR) is 91.0 cm³/mol. The van der Waals surface area contributed by atoms with E-state index >= 15 is 0 Å². The van der Waals surface area contributed by atoms with Gasteiger partial charge in [-0.05, 0) is 35.9 Å². The molecule has 0 aliphatic rings. The van der Waals surface area contributed by atoms with Crippen LogP contribution >= 0.6 is 23.4 Å². The van der Waals surface area contributed by atoms with Crippen LogP contribution in [0, 0.1) is 0 Å². The minimum atomic E-state index is -2.87. The number of alkyl halides is 2. The second kappa shape index (κ2) is 7.66. The van der Waals surface area contributed by atoms with Crippen LogP contribution in [0.25, 0.3) is 11.4 Å². The number of hydrogen-bond donors (Lipinski definition) is 1. The molecule has 3 rings (SSSR count). The maximum atomic E-state index is 12.2. The summed E-state index contributed by atoms with van der Waals surface area (Å²) in [5, 5.41) is 9.03. The highest BCUT2D eigenvalue weighted by Crippen LogP contribution is 2.26. The standard InChI is InChI=1S/C15H12ClF2N5OS/c16-12-6-1-9(7-20-12)8-25-15-22-21-13(23(15)19)10-2-4-11(5-3-10)24-14(17)18/h1-7,14H,8,19H2. The number of halogens is 3. The summed E-state index contributed by atoms with van der Waals surface area (Å²) in [6.07, 6.45) is 1.68. The molecule has 6 nitrogen and oxygen atoms in total. The summed E-state index contributed by atoms with van der Waals surface area (Å²) >= 11 is 7.14. The molecule has 2 aromatic heterocycles. The van der Waals surface area contributed by atoms with Gasteiger partial charge in [0.15, 0.2) is 5.82 Å². The molecule has 0 atom stereocenters. The first-order chi connectivity index (χ1) is 12.0. The number of nitrogen functional groups attached to an aromatic ring is 1. The number of nitrogens with two attached hydrogens (primary N) is 1. The van der Waals surface area contributed by atoms with Crippen molar-refractivity contribution in [3.8, 4) is 17.1 Å². The van der Waals surface area contributed by atoms with Crippen molar-refractivity contribution >= 4 is 23.4 Å². The van der Waals surface area contributed by atoms with Crippen molar-refractivity contribution in [3.05, 3.63) is 53.3 Å². The number of nitrogens with zero attached hydrogens (tertiary/aromatic N) is 4. The first-order valence-electron chi connectivity index (χ1n) is 7.02. The van der Waals surface area contributed by atoms with Crippen molar-refractivity contribution in [3.63, 3.8) is 0 Å². The molecular weight excluding hydrogens is 372 g/mol. The van der Waals surface area contributed by atoms with Crippen LogP contribution in [0.15, 0.2) is 47.8 Å². The minimum absolute atomic E-state index is 0.0617. The van der Waals surface area contributed by atoms with E-state index in [1.807, 2.05) is 6.07 Å². The van der Waals surface area contributed by atoms with Gasteiger partial charge in [0.25, 0.3) is 0 Å². The molecule has 0 saturated carbocycles. The molecule has 0 aliphatic carbocycles. The van der Waals surface area contributed by atoms with Gasteiger partial charge in [0.1, 0.15) is 10.9 Å². The molecule has 0 amide bonds. The fourth-order valence-electron chi connectivity index (χ4n) is 2.00. The highest BCUT2D eigenvalue weighted by molar-refractivity contribution is 7.98. The van der Waals surface area contributed by atoms with E-state index in [1.54, 1.807) is 24.4 Å². The van der Waals surface area contributed by atoms with Gasteiger partial charge in [0.2, 0.25) is 5.16 Å². The van der Waals surface area contributed by atoms with Gasteiger partial charge < -0.3 is 10.6 Å². The Labute approximate surface area is 151 Å². The fourth-order valence-corrected chi connectivity index (χ4v) is 2.90. The van der Waals surface area contributed by atoms with Crippen LogP contribution in [-0.2, 0) is 5.75 Å². The van der Waals surface area contributed by atoms with Gasteiger partial charge in [-0.15, -0.1) is 10.2 Å². The molecule has 130 valence electrons. The van der Waals surface area contributed by atoms with E-state index in [0.29, 0.717) is 27.5 Å². The van der Waals surface area contributed by atoms with Gasteiger partial charge in [-0.2, -0.15) is 8.78 Å². The average molecular weight is 384 g/mol. The summed E-state index contributed by atoms with van der Waals surface area (Å²) in [4.78, 5) is 4.01. The summed E-state index contributed by atoms with van der Waals surface area (Å²) in [6, 6.07) is 9.58. The molecule has 10 heteroatoms. The molecule has 0 unspecified atom stereocenters. The van der Waals surface area contributed by atoms with Crippen molar-refractivity contribution in [2.45, 2.75) is 17.5 Å². The van der Waals surface area contributed by atoms with E-state index in [2.05, 4.69) is 19.9 Å². The van der Waals surface area contributed by atoms with Gasteiger partial charge in [-0.3, -0.25) is 0 Å². The average Bonchev–Trinajstić information content (AvgIpc) is 2.95. The van der Waals surface area contributed by atoms with Crippen LogP contribution in [-0.4, -0.2) is 26.5 Å². The molecule has 0 radical (unpaired) electrons. The second-order valence-corrected chi connectivity index (χ2v) is 6.19. The second-order valence-electron chi connectivity index (χ2n) is 4.86. The lowest BCUT2D eigenvalue weighted by molar-refractivity contribution is -0.0498. The lowest BCUT2D eigenvalue weighted by Crippen LogP contribution is -2.11. The van der Waals surface area contributed by atoms with Crippen molar-refractivity contribution < 1.29 is 13.5 Å². The van der Waals surface area contributed by atoms with Crippen LogP contribution in [0.5, 0.6) is 5.75 Å². The lowest BCUT2D eigenvalue weighted by atomic mass is 10.2. The Kier molecular flexibility index (Phi) is 5.34. The zero-order valence-electron chi connectivity index (χ0n) is 12.6. The monoisotopic (exact) mass is 383 g/mol. The Hall–Kier alpha value is -2.39. The smallest absolute Gasteiger partial charge is 0.387 e. The maximum absolute atomic E-state index is 12.2. The van der Waals surface area contributed by atoms with Gasteiger partial charge >= 0.3 is 6.61 Å². The lowest BCUT2D eigenvalue weighted by Gasteiger charge is -2.06. The van der Waals surface area contributed by atoms with Crippen molar-refractivity contribution in [1.29, 1.82) is 0 Å². The highest BCUT2D eigenvalue weighted by Gasteiger charge is 2.13. The van der Waals surface area contributed by atoms with E-state index in [1.165, 1.54) is 28.6 Å². The predicted octanol–water partition coefficient (Wildman–Crippen LogP) is 3.60. The van der Waals surface area contributed by atoms with E-state index in [-0.39, 0.29) is 5.75 Å². The van der Waals surface area contributed by atoms with Crippen LogP contribution in [0.1, 0.15) is 5.56 Å². The molecule has 2 heterocycles. The normalized spacial score (nSPS) is 11.0. The molecular formula is C15H12ClF2N5OS. The molecule has 0 saturated heterocycles. The Bertz CT molecular complexity index is 842. The van der Waals surface area contributed by atoms with Crippen molar-refractivity contribution in [1.82, 2.24) is 19.9 Å². The van der Waals surface area contributed by atoms with Gasteiger partial charge in [-0.1, -0.05) is 29.4 Å². The summed E-state index contributed by atoms with van der Waals surface area (Å²) in [5.41, 5.74) is 1.60. The maximum Gasteiger partial charge on any atom is 0.387 e. The summed E-state index contributed by atoms with van der Waals surface area (Å²) in [7, 11) is 0. The minimum Gasteiger partial charge on any atom is -0.435 e. The number of thioether (sulfide) groups is 1. The molecule has 3 aromatic rings. The van der Waals surface area contributed by atoms with E-state index in [0.717, 1.165) is 5.56 Å². The largest absolute Gasteiger partial charge is 0.435 e. The zero-order valence-corrected chi connectivity index (χ0v) is 14.2. The van der Waals surface area contributed by atoms with E-state index < -0.39 is 6.61 Å². The third-order valence-electron chi connectivity index (χ3n) is 3.16. The number of aromatic nitrogens is 4. The number of pyridine rings is 1. The van der Waals surface area contributed by atoms with Gasteiger partial charge in [-0.25, -0.2) is 9.66 Å². The Morgan fingerprint density at radius 3 is 2.56 bits per heavy atom. The summed E-state index contributed by atoms with van der Waals surface area (Å²) in [6.45, 7) is -2.87. The first kappa shape index (κ1) is 17.4. The zero-order chi connectivity index (χ0) is 17.8. The number of benzene rings is 1. The third-order valence-corrected chi connectivity index (χ3v) is 4.40. The first-order valence-corrected chi connectivity index (χ1v) is 8.38. The molecule has 0 aliphatic heterocycles. The number of rotatable bonds is 6. The van der Waals surface area contributed by atoms with Gasteiger partial charge in [0, 0.05) is 17.5 Å². The van der Waals surface area contributed by atoms with Crippen molar-refractivity contribution in [2.75, 3.05) is 5.84 Å². The molecule has 2 N–H and O–H groups in total. The SMILES string of the molecule is Nn1c(SCc2ccc(Cl)nc2)nnc1-c1ccc(OC(F)F)cc1. The van der Waals surface area contributed by atoms with Crippen LogP contribution in [0.3, 0.4) is 0 Å². The molecule has 0 bridgehead atoms. The van der Waals surface area contributed by atoms with Crippen LogP contribution in [0.4, 0.5) is 8.78 Å².